The third kappa shape index (κ3) is 2.83. The molecule has 0 spiro atoms. The van der Waals surface area contributed by atoms with Crippen LogP contribution in [0, 0.1) is 5.92 Å². The number of aliphatic hydroxyl groups is 1. The summed E-state index contributed by atoms with van der Waals surface area (Å²) in [5.74, 6) is 2.67. The molecule has 19 heavy (non-hydrogen) atoms. The first kappa shape index (κ1) is 13.5. The number of likely N-dealkylation sites (tertiary alicyclic amines) is 1. The summed E-state index contributed by atoms with van der Waals surface area (Å²) in [5.41, 5.74) is 1.36. The van der Waals surface area contributed by atoms with Crippen molar-refractivity contribution < 1.29 is 9.90 Å². The van der Waals surface area contributed by atoms with E-state index in [0.717, 1.165) is 36.4 Å². The van der Waals surface area contributed by atoms with E-state index < -0.39 is 0 Å². The van der Waals surface area contributed by atoms with Gasteiger partial charge in [-0.2, -0.15) is 11.8 Å². The van der Waals surface area contributed by atoms with Gasteiger partial charge in [0.05, 0.1) is 4.88 Å². The SMILES string of the molecule is O=C(c1cc2c(s1)CCSC2)N1CCCC(CO)C1. The van der Waals surface area contributed by atoms with Gasteiger partial charge < -0.3 is 10.0 Å². The molecule has 1 N–H and O–H groups in total. The largest absolute Gasteiger partial charge is 0.396 e. The third-order valence-corrected chi connectivity index (χ3v) is 6.14. The monoisotopic (exact) mass is 297 g/mol. The number of amides is 1. The molecular formula is C14H19NO2S2. The zero-order valence-electron chi connectivity index (χ0n) is 10.9. The number of rotatable bonds is 2. The molecule has 1 aromatic heterocycles. The number of hydrogen-bond acceptors (Lipinski definition) is 4. The predicted octanol–water partition coefficient (Wildman–Crippen LogP) is 2.38. The van der Waals surface area contributed by atoms with Gasteiger partial charge in [-0.05, 0) is 42.6 Å². The summed E-state index contributed by atoms with van der Waals surface area (Å²) >= 11 is 3.63. The number of thiophene rings is 1. The molecule has 3 nitrogen and oxygen atoms in total. The van der Waals surface area contributed by atoms with Crippen LogP contribution in [0.3, 0.4) is 0 Å². The van der Waals surface area contributed by atoms with Gasteiger partial charge in [-0.1, -0.05) is 0 Å². The highest BCUT2D eigenvalue weighted by molar-refractivity contribution is 7.98. The summed E-state index contributed by atoms with van der Waals surface area (Å²) in [6.45, 7) is 1.75. The summed E-state index contributed by atoms with van der Waals surface area (Å²) in [6, 6.07) is 2.09. The van der Waals surface area contributed by atoms with E-state index in [1.54, 1.807) is 11.3 Å². The van der Waals surface area contributed by atoms with Gasteiger partial charge in [0.2, 0.25) is 0 Å². The molecule has 5 heteroatoms. The number of aliphatic hydroxyl groups excluding tert-OH is 1. The van der Waals surface area contributed by atoms with Gasteiger partial charge in [-0.3, -0.25) is 4.79 Å². The molecule has 0 radical (unpaired) electrons. The minimum Gasteiger partial charge on any atom is -0.396 e. The van der Waals surface area contributed by atoms with E-state index in [2.05, 4.69) is 6.07 Å². The lowest BCUT2D eigenvalue weighted by Crippen LogP contribution is -2.40. The van der Waals surface area contributed by atoms with Crippen LogP contribution in [0.2, 0.25) is 0 Å². The number of hydrogen-bond donors (Lipinski definition) is 1. The minimum absolute atomic E-state index is 0.169. The fourth-order valence-corrected chi connectivity index (χ4v) is 5.15. The van der Waals surface area contributed by atoms with E-state index in [-0.39, 0.29) is 18.4 Å². The van der Waals surface area contributed by atoms with Crippen molar-refractivity contribution in [1.82, 2.24) is 4.90 Å². The second-order valence-electron chi connectivity index (χ2n) is 5.30. The van der Waals surface area contributed by atoms with Gasteiger partial charge in [0.15, 0.2) is 0 Å². The molecule has 104 valence electrons. The quantitative estimate of drug-likeness (QED) is 0.911. The van der Waals surface area contributed by atoms with Crippen molar-refractivity contribution in [2.24, 2.45) is 5.92 Å². The standard InChI is InChI=1S/C14H19NO2S2/c16-8-10-2-1-4-15(7-10)14(17)13-6-11-9-18-5-3-12(11)19-13/h6,10,16H,1-5,7-9H2. The molecule has 3 heterocycles. The Morgan fingerprint density at radius 2 is 2.42 bits per heavy atom. The Balaban J connectivity index is 1.74. The Morgan fingerprint density at radius 1 is 1.53 bits per heavy atom. The third-order valence-electron chi connectivity index (χ3n) is 3.90. The number of fused-ring (bicyclic) bond motifs is 1. The zero-order valence-corrected chi connectivity index (χ0v) is 12.6. The lowest BCUT2D eigenvalue weighted by molar-refractivity contribution is 0.0625. The summed E-state index contributed by atoms with van der Waals surface area (Å²) < 4.78 is 0. The average molecular weight is 297 g/mol. The molecule has 3 rings (SSSR count). The lowest BCUT2D eigenvalue weighted by atomic mass is 9.99. The van der Waals surface area contributed by atoms with Crippen molar-refractivity contribution in [2.75, 3.05) is 25.4 Å². The summed E-state index contributed by atoms with van der Waals surface area (Å²) in [5, 5.41) is 9.26. The minimum atomic E-state index is 0.169. The maximum absolute atomic E-state index is 12.5. The molecule has 1 atom stereocenters. The van der Waals surface area contributed by atoms with Crippen LogP contribution >= 0.6 is 23.1 Å². The molecule has 1 saturated heterocycles. The van der Waals surface area contributed by atoms with Gasteiger partial charge in [-0.25, -0.2) is 0 Å². The topological polar surface area (TPSA) is 40.5 Å². The first-order valence-electron chi connectivity index (χ1n) is 6.87. The Hall–Kier alpha value is -0.520. The van der Waals surface area contributed by atoms with Gasteiger partial charge in [-0.15, -0.1) is 11.3 Å². The maximum Gasteiger partial charge on any atom is 0.263 e. The van der Waals surface area contributed by atoms with Gasteiger partial charge >= 0.3 is 0 Å². The van der Waals surface area contributed by atoms with E-state index in [9.17, 15) is 9.90 Å². The summed E-state index contributed by atoms with van der Waals surface area (Å²) in [7, 11) is 0. The molecule has 1 fully saturated rings. The molecular weight excluding hydrogens is 278 g/mol. The molecule has 0 bridgehead atoms. The van der Waals surface area contributed by atoms with E-state index in [4.69, 9.17) is 0 Å². The van der Waals surface area contributed by atoms with Crippen LogP contribution in [0.25, 0.3) is 0 Å². The molecule has 2 aliphatic heterocycles. The summed E-state index contributed by atoms with van der Waals surface area (Å²) in [4.78, 5) is 16.7. The number of piperidine rings is 1. The van der Waals surface area contributed by atoms with Crippen molar-refractivity contribution in [1.29, 1.82) is 0 Å². The summed E-state index contributed by atoms with van der Waals surface area (Å²) in [6.07, 6.45) is 3.16. The predicted molar refractivity (Wildman–Crippen MR) is 79.9 cm³/mol. The van der Waals surface area contributed by atoms with Crippen LogP contribution < -0.4 is 0 Å². The first-order valence-corrected chi connectivity index (χ1v) is 8.84. The van der Waals surface area contributed by atoms with Crippen LogP contribution in [0.15, 0.2) is 6.07 Å². The Labute approximate surface area is 122 Å². The highest BCUT2D eigenvalue weighted by atomic mass is 32.2. The van der Waals surface area contributed by atoms with Crippen LogP contribution in [-0.2, 0) is 12.2 Å². The van der Waals surface area contributed by atoms with E-state index in [1.807, 2.05) is 16.7 Å². The zero-order chi connectivity index (χ0) is 13.2. The first-order chi connectivity index (χ1) is 9.28. The van der Waals surface area contributed by atoms with E-state index in [0.29, 0.717) is 6.54 Å². The van der Waals surface area contributed by atoms with Crippen LogP contribution in [0.1, 0.15) is 33.0 Å². The van der Waals surface area contributed by atoms with Gasteiger partial charge in [0, 0.05) is 30.3 Å². The Bertz CT molecular complexity index is 449. The van der Waals surface area contributed by atoms with Crippen molar-refractivity contribution >= 4 is 29.0 Å². The highest BCUT2D eigenvalue weighted by Gasteiger charge is 2.26. The molecule has 1 unspecified atom stereocenters. The number of thioether (sulfide) groups is 1. The van der Waals surface area contributed by atoms with Crippen molar-refractivity contribution in [3.63, 3.8) is 0 Å². The number of carbonyl (C=O) groups is 1. The molecule has 2 aliphatic rings. The highest BCUT2D eigenvalue weighted by Crippen LogP contribution is 2.32. The normalized spacial score (nSPS) is 23.2. The second kappa shape index (κ2) is 5.85. The lowest BCUT2D eigenvalue weighted by Gasteiger charge is -2.31. The fourth-order valence-electron chi connectivity index (χ4n) is 2.81. The van der Waals surface area contributed by atoms with E-state index >= 15 is 0 Å². The number of nitrogens with zero attached hydrogens (tertiary/aromatic N) is 1. The average Bonchev–Trinajstić information content (AvgIpc) is 2.90. The van der Waals surface area contributed by atoms with Crippen LogP contribution in [0.4, 0.5) is 0 Å². The van der Waals surface area contributed by atoms with Crippen molar-refractivity contribution in [3.8, 4) is 0 Å². The molecule has 0 aliphatic carbocycles. The van der Waals surface area contributed by atoms with E-state index in [1.165, 1.54) is 16.2 Å². The van der Waals surface area contributed by atoms with Crippen molar-refractivity contribution in [2.45, 2.75) is 25.0 Å². The van der Waals surface area contributed by atoms with Gasteiger partial charge in [0.1, 0.15) is 0 Å². The fraction of sp³-hybridized carbons (Fsp3) is 0.643. The Morgan fingerprint density at radius 3 is 3.21 bits per heavy atom. The van der Waals surface area contributed by atoms with Crippen LogP contribution in [0.5, 0.6) is 0 Å². The molecule has 1 amide bonds. The second-order valence-corrected chi connectivity index (χ2v) is 7.55. The molecule has 0 aromatic carbocycles. The smallest absolute Gasteiger partial charge is 0.263 e. The number of carbonyl (C=O) groups excluding carboxylic acids is 1. The maximum atomic E-state index is 12.5. The van der Waals surface area contributed by atoms with Gasteiger partial charge in [0.25, 0.3) is 5.91 Å². The Kier molecular flexibility index (Phi) is 4.15. The van der Waals surface area contributed by atoms with Crippen molar-refractivity contribution in [3.05, 3.63) is 21.4 Å². The number of aryl methyl sites for hydroxylation is 1. The molecule has 0 saturated carbocycles. The van der Waals surface area contributed by atoms with Crippen LogP contribution in [-0.4, -0.2) is 41.4 Å². The molecule has 1 aromatic rings.